The van der Waals surface area contributed by atoms with E-state index in [-0.39, 0.29) is 4.75 Å². The van der Waals surface area contributed by atoms with Gasteiger partial charge in [0.2, 0.25) is 0 Å². The predicted molar refractivity (Wildman–Crippen MR) is 42.5 cm³/mol. The highest BCUT2D eigenvalue weighted by Crippen LogP contribution is 2.23. The first-order valence-corrected chi connectivity index (χ1v) is 3.72. The number of aldehydes is 1. The van der Waals surface area contributed by atoms with Crippen LogP contribution in [0, 0.1) is 0 Å². The molecule has 0 aliphatic rings. The van der Waals surface area contributed by atoms with E-state index in [4.69, 9.17) is 0 Å². The van der Waals surface area contributed by atoms with Gasteiger partial charge in [0, 0.05) is 4.75 Å². The highest BCUT2D eigenvalue weighted by Gasteiger charge is 2.06. The van der Waals surface area contributed by atoms with Crippen molar-refractivity contribution in [2.24, 2.45) is 0 Å². The van der Waals surface area contributed by atoms with Crippen LogP contribution in [0.3, 0.4) is 0 Å². The lowest BCUT2D eigenvalue weighted by atomic mass is 10.3. The standard InChI is InChI=1S/C7H12OS/c1-7(2,3)9-6-4-5-8/h4-6H,1-3H3/b6-4+. The second-order valence-electron chi connectivity index (χ2n) is 2.69. The van der Waals surface area contributed by atoms with E-state index in [0.29, 0.717) is 0 Å². The van der Waals surface area contributed by atoms with Crippen LogP contribution in [-0.2, 0) is 4.79 Å². The van der Waals surface area contributed by atoms with Gasteiger partial charge in [-0.25, -0.2) is 0 Å². The third-order valence-corrected chi connectivity index (χ3v) is 1.58. The van der Waals surface area contributed by atoms with Crippen molar-refractivity contribution in [1.29, 1.82) is 0 Å². The molecule has 0 amide bonds. The maximum atomic E-state index is 9.79. The Bertz CT molecular complexity index is 111. The summed E-state index contributed by atoms with van der Waals surface area (Å²) >= 11 is 1.65. The molecule has 0 N–H and O–H groups in total. The van der Waals surface area contributed by atoms with Crippen LogP contribution in [-0.4, -0.2) is 11.0 Å². The molecular weight excluding hydrogens is 132 g/mol. The molecule has 0 unspecified atom stereocenters. The molecule has 0 bridgehead atoms. The summed E-state index contributed by atoms with van der Waals surface area (Å²) in [4.78, 5) is 9.79. The molecule has 0 atom stereocenters. The van der Waals surface area contributed by atoms with Crippen molar-refractivity contribution in [3.8, 4) is 0 Å². The van der Waals surface area contributed by atoms with Crippen LogP contribution in [0.5, 0.6) is 0 Å². The highest BCUT2D eigenvalue weighted by molar-refractivity contribution is 8.03. The van der Waals surface area contributed by atoms with E-state index in [0.717, 1.165) is 6.29 Å². The molecule has 0 radical (unpaired) electrons. The molecule has 0 spiro atoms. The molecule has 0 aromatic rings. The fourth-order valence-corrected chi connectivity index (χ4v) is 0.826. The van der Waals surface area contributed by atoms with Crippen molar-refractivity contribution in [1.82, 2.24) is 0 Å². The zero-order valence-corrected chi connectivity index (χ0v) is 6.87. The highest BCUT2D eigenvalue weighted by atomic mass is 32.2. The Morgan fingerprint density at radius 3 is 2.22 bits per heavy atom. The van der Waals surface area contributed by atoms with Gasteiger partial charge in [0.15, 0.2) is 0 Å². The summed E-state index contributed by atoms with van der Waals surface area (Å²) in [5.74, 6) is 0. The van der Waals surface area contributed by atoms with Crippen LogP contribution in [0.2, 0.25) is 0 Å². The Balaban J connectivity index is 3.50. The zero-order chi connectivity index (χ0) is 7.33. The van der Waals surface area contributed by atoms with E-state index < -0.39 is 0 Å². The van der Waals surface area contributed by atoms with Crippen molar-refractivity contribution in [3.63, 3.8) is 0 Å². The Kier molecular flexibility index (Phi) is 3.62. The van der Waals surface area contributed by atoms with Crippen LogP contribution in [0.25, 0.3) is 0 Å². The number of carbonyl (C=O) groups excluding carboxylic acids is 1. The Morgan fingerprint density at radius 1 is 1.33 bits per heavy atom. The molecular formula is C7H12OS. The molecule has 2 heteroatoms. The average Bonchev–Trinajstić information content (AvgIpc) is 1.63. The molecule has 0 heterocycles. The smallest absolute Gasteiger partial charge is 0.143 e. The summed E-state index contributed by atoms with van der Waals surface area (Å²) in [5, 5.41) is 1.81. The second kappa shape index (κ2) is 3.72. The van der Waals surface area contributed by atoms with E-state index in [9.17, 15) is 4.79 Å². The minimum atomic E-state index is 0.222. The first-order valence-electron chi connectivity index (χ1n) is 2.84. The zero-order valence-electron chi connectivity index (χ0n) is 6.05. The molecule has 0 rings (SSSR count). The fraction of sp³-hybridized carbons (Fsp3) is 0.571. The van der Waals surface area contributed by atoms with E-state index in [2.05, 4.69) is 20.8 Å². The Labute approximate surface area is 60.5 Å². The van der Waals surface area contributed by atoms with Gasteiger partial charge in [-0.3, -0.25) is 4.79 Å². The number of rotatable bonds is 2. The van der Waals surface area contributed by atoms with Crippen LogP contribution in [0.4, 0.5) is 0 Å². The molecule has 1 nitrogen and oxygen atoms in total. The van der Waals surface area contributed by atoms with E-state index in [1.165, 1.54) is 6.08 Å². The van der Waals surface area contributed by atoms with Gasteiger partial charge in [-0.05, 0) is 11.5 Å². The number of hydrogen-bond donors (Lipinski definition) is 0. The van der Waals surface area contributed by atoms with Crippen molar-refractivity contribution in [2.45, 2.75) is 25.5 Å². The Morgan fingerprint density at radius 2 is 1.89 bits per heavy atom. The van der Waals surface area contributed by atoms with Gasteiger partial charge in [0.25, 0.3) is 0 Å². The lowest BCUT2D eigenvalue weighted by Crippen LogP contribution is -2.04. The lowest BCUT2D eigenvalue weighted by molar-refractivity contribution is -0.104. The van der Waals surface area contributed by atoms with Crippen LogP contribution >= 0.6 is 11.8 Å². The molecule has 0 aliphatic heterocycles. The number of thioether (sulfide) groups is 1. The molecule has 0 aromatic heterocycles. The quantitative estimate of drug-likeness (QED) is 0.436. The van der Waals surface area contributed by atoms with Gasteiger partial charge in [0.05, 0.1) is 0 Å². The maximum absolute atomic E-state index is 9.79. The van der Waals surface area contributed by atoms with Gasteiger partial charge >= 0.3 is 0 Å². The van der Waals surface area contributed by atoms with Crippen molar-refractivity contribution < 1.29 is 4.79 Å². The average molecular weight is 144 g/mol. The van der Waals surface area contributed by atoms with Crippen LogP contribution in [0.1, 0.15) is 20.8 Å². The van der Waals surface area contributed by atoms with Crippen LogP contribution < -0.4 is 0 Å². The van der Waals surface area contributed by atoms with Gasteiger partial charge in [-0.15, -0.1) is 11.8 Å². The van der Waals surface area contributed by atoms with E-state index in [1.807, 2.05) is 5.41 Å². The summed E-state index contributed by atoms with van der Waals surface area (Å²) in [6.07, 6.45) is 2.30. The summed E-state index contributed by atoms with van der Waals surface area (Å²) in [6, 6.07) is 0. The van der Waals surface area contributed by atoms with Gasteiger partial charge in [-0.1, -0.05) is 20.8 Å². The van der Waals surface area contributed by atoms with Crippen LogP contribution in [0.15, 0.2) is 11.5 Å². The number of hydrogen-bond acceptors (Lipinski definition) is 2. The van der Waals surface area contributed by atoms with Crippen molar-refractivity contribution >= 4 is 18.0 Å². The van der Waals surface area contributed by atoms with E-state index >= 15 is 0 Å². The molecule has 0 saturated heterocycles. The van der Waals surface area contributed by atoms with Crippen molar-refractivity contribution in [2.75, 3.05) is 0 Å². The monoisotopic (exact) mass is 144 g/mol. The summed E-state index contributed by atoms with van der Waals surface area (Å²) < 4.78 is 0.222. The third kappa shape index (κ3) is 7.76. The summed E-state index contributed by atoms with van der Waals surface area (Å²) in [7, 11) is 0. The largest absolute Gasteiger partial charge is 0.299 e. The number of allylic oxidation sites excluding steroid dienone is 1. The van der Waals surface area contributed by atoms with Gasteiger partial charge < -0.3 is 0 Å². The van der Waals surface area contributed by atoms with Gasteiger partial charge in [0.1, 0.15) is 6.29 Å². The lowest BCUT2D eigenvalue weighted by Gasteiger charge is -2.13. The molecule has 0 aromatic carbocycles. The topological polar surface area (TPSA) is 17.1 Å². The first-order chi connectivity index (χ1) is 4.06. The fourth-order valence-electron chi connectivity index (χ4n) is 0.275. The van der Waals surface area contributed by atoms with Gasteiger partial charge in [-0.2, -0.15) is 0 Å². The molecule has 52 valence electrons. The third-order valence-electron chi connectivity index (χ3n) is 0.579. The normalized spacial score (nSPS) is 12.3. The first kappa shape index (κ1) is 8.76. The van der Waals surface area contributed by atoms with Crippen molar-refractivity contribution in [3.05, 3.63) is 11.5 Å². The molecule has 0 fully saturated rings. The maximum Gasteiger partial charge on any atom is 0.143 e. The summed E-state index contributed by atoms with van der Waals surface area (Å²) in [6.45, 7) is 6.31. The molecule has 0 aliphatic carbocycles. The Hall–Kier alpha value is -0.240. The second-order valence-corrected chi connectivity index (χ2v) is 4.43. The summed E-state index contributed by atoms with van der Waals surface area (Å²) in [5.41, 5.74) is 0. The number of carbonyl (C=O) groups is 1. The minimum Gasteiger partial charge on any atom is -0.299 e. The molecule has 9 heavy (non-hydrogen) atoms. The predicted octanol–water partition coefficient (Wildman–Crippen LogP) is 2.23. The van der Waals surface area contributed by atoms with E-state index in [1.54, 1.807) is 11.8 Å². The molecule has 0 saturated carbocycles. The minimum absolute atomic E-state index is 0.222. The SMILES string of the molecule is CC(C)(C)S/C=C/C=O.